The molecule has 0 aliphatic rings. The van der Waals surface area contributed by atoms with Crippen molar-refractivity contribution in [1.29, 1.82) is 0 Å². The van der Waals surface area contributed by atoms with Crippen LogP contribution in [0.2, 0.25) is 0 Å². The second kappa shape index (κ2) is 6.36. The van der Waals surface area contributed by atoms with Crippen molar-refractivity contribution in [2.75, 3.05) is 5.32 Å². The van der Waals surface area contributed by atoms with Gasteiger partial charge in [0.2, 0.25) is 0 Å². The number of hydrogen-bond donors (Lipinski definition) is 5. The zero-order valence-electron chi connectivity index (χ0n) is 10.8. The molecule has 0 aromatic heterocycles. The summed E-state index contributed by atoms with van der Waals surface area (Å²) in [7, 11) is 0. The monoisotopic (exact) mass is 352 g/mol. The van der Waals surface area contributed by atoms with E-state index in [9.17, 15) is 20.1 Å². The lowest BCUT2D eigenvalue weighted by molar-refractivity contribution is 0.251. The van der Waals surface area contributed by atoms with Crippen LogP contribution < -0.4 is 10.6 Å². The van der Waals surface area contributed by atoms with Crippen LogP contribution in [0.25, 0.3) is 0 Å². The van der Waals surface area contributed by atoms with Crippen LogP contribution in [0.5, 0.6) is 17.2 Å². The van der Waals surface area contributed by atoms with Crippen molar-refractivity contribution in [2.45, 2.75) is 6.54 Å². The number of phenolic OH excluding ortho intramolecular Hbond substituents is 3. The molecular formula is C14H13BrN2O4. The van der Waals surface area contributed by atoms with Crippen molar-refractivity contribution in [3.8, 4) is 17.2 Å². The van der Waals surface area contributed by atoms with E-state index in [4.69, 9.17) is 0 Å². The number of rotatable bonds is 3. The first-order valence-corrected chi connectivity index (χ1v) is 6.79. The fraction of sp³-hybridized carbons (Fsp3) is 0.0714. The Morgan fingerprint density at radius 1 is 1.05 bits per heavy atom. The van der Waals surface area contributed by atoms with Crippen LogP contribution in [0.3, 0.4) is 0 Å². The van der Waals surface area contributed by atoms with Crippen molar-refractivity contribution >= 4 is 27.6 Å². The summed E-state index contributed by atoms with van der Waals surface area (Å²) in [5, 5.41) is 33.0. The Morgan fingerprint density at radius 2 is 1.62 bits per heavy atom. The Balaban J connectivity index is 1.94. The lowest BCUT2D eigenvalue weighted by Crippen LogP contribution is -2.28. The Kier molecular flexibility index (Phi) is 4.54. The van der Waals surface area contributed by atoms with Crippen LogP contribution in [-0.4, -0.2) is 21.4 Å². The van der Waals surface area contributed by atoms with Gasteiger partial charge in [0.1, 0.15) is 0 Å². The predicted octanol–water partition coefficient (Wildman–Crippen LogP) is 2.89. The molecule has 0 fully saturated rings. The number of halogens is 1. The molecule has 110 valence electrons. The Bertz CT molecular complexity index is 636. The Hall–Kier alpha value is -2.41. The molecule has 0 saturated heterocycles. The van der Waals surface area contributed by atoms with Crippen LogP contribution in [0, 0.1) is 0 Å². The molecule has 2 aromatic carbocycles. The van der Waals surface area contributed by atoms with Gasteiger partial charge in [-0.3, -0.25) is 0 Å². The maximum atomic E-state index is 11.7. The van der Waals surface area contributed by atoms with E-state index in [2.05, 4.69) is 26.6 Å². The highest BCUT2D eigenvalue weighted by Gasteiger charge is 2.10. The normalized spacial score (nSPS) is 10.1. The number of amides is 2. The highest BCUT2D eigenvalue weighted by Crippen LogP contribution is 2.37. The van der Waals surface area contributed by atoms with E-state index in [-0.39, 0.29) is 5.69 Å². The molecule has 0 saturated carbocycles. The van der Waals surface area contributed by atoms with E-state index < -0.39 is 23.3 Å². The van der Waals surface area contributed by atoms with E-state index >= 15 is 0 Å². The van der Waals surface area contributed by atoms with Crippen molar-refractivity contribution in [1.82, 2.24) is 5.32 Å². The van der Waals surface area contributed by atoms with E-state index in [0.717, 1.165) is 22.2 Å². The van der Waals surface area contributed by atoms with Gasteiger partial charge in [0.15, 0.2) is 17.2 Å². The van der Waals surface area contributed by atoms with Gasteiger partial charge in [-0.25, -0.2) is 4.79 Å². The minimum absolute atomic E-state index is 0.163. The number of phenols is 3. The van der Waals surface area contributed by atoms with Gasteiger partial charge in [-0.1, -0.05) is 28.1 Å². The molecule has 2 aromatic rings. The first kappa shape index (κ1) is 15.0. The maximum absolute atomic E-state index is 11.7. The second-order valence-electron chi connectivity index (χ2n) is 4.30. The third-order valence-electron chi connectivity index (χ3n) is 2.69. The Labute approximate surface area is 129 Å². The van der Waals surface area contributed by atoms with Crippen molar-refractivity contribution < 1.29 is 20.1 Å². The fourth-order valence-electron chi connectivity index (χ4n) is 1.64. The zero-order valence-corrected chi connectivity index (χ0v) is 12.4. The van der Waals surface area contributed by atoms with E-state index in [0.29, 0.717) is 6.54 Å². The summed E-state index contributed by atoms with van der Waals surface area (Å²) in [5.41, 5.74) is 1.08. The highest BCUT2D eigenvalue weighted by molar-refractivity contribution is 9.10. The average molecular weight is 353 g/mol. The molecule has 6 nitrogen and oxygen atoms in total. The molecule has 0 unspecified atom stereocenters. The Morgan fingerprint density at radius 3 is 2.19 bits per heavy atom. The van der Waals surface area contributed by atoms with Crippen LogP contribution in [-0.2, 0) is 6.54 Å². The number of benzene rings is 2. The molecular weight excluding hydrogens is 340 g/mol. The molecule has 21 heavy (non-hydrogen) atoms. The van der Waals surface area contributed by atoms with Crippen LogP contribution in [0.4, 0.5) is 10.5 Å². The third-order valence-corrected chi connectivity index (χ3v) is 3.22. The summed E-state index contributed by atoms with van der Waals surface area (Å²) in [6, 6.07) is 9.23. The topological polar surface area (TPSA) is 102 Å². The average Bonchev–Trinajstić information content (AvgIpc) is 2.44. The van der Waals surface area contributed by atoms with Crippen LogP contribution >= 0.6 is 15.9 Å². The molecule has 0 atom stereocenters. The molecule has 2 amide bonds. The SMILES string of the molecule is O=C(NCc1ccc(Br)cc1)Nc1cc(O)c(O)c(O)c1. The van der Waals surface area contributed by atoms with Crippen LogP contribution in [0.1, 0.15) is 5.56 Å². The maximum Gasteiger partial charge on any atom is 0.319 e. The van der Waals surface area contributed by atoms with E-state index in [1.54, 1.807) is 0 Å². The molecule has 0 spiro atoms. The van der Waals surface area contributed by atoms with Gasteiger partial charge in [-0.2, -0.15) is 0 Å². The summed E-state index contributed by atoms with van der Waals surface area (Å²) in [6.07, 6.45) is 0. The van der Waals surface area contributed by atoms with Gasteiger partial charge < -0.3 is 26.0 Å². The molecule has 0 aliphatic heterocycles. The van der Waals surface area contributed by atoms with Crippen LogP contribution in [0.15, 0.2) is 40.9 Å². The second-order valence-corrected chi connectivity index (χ2v) is 5.21. The van der Waals surface area contributed by atoms with Gasteiger partial charge in [-0.15, -0.1) is 0 Å². The quantitative estimate of drug-likeness (QED) is 0.433. The number of nitrogens with one attached hydrogen (secondary N) is 2. The summed E-state index contributed by atoms with van der Waals surface area (Å²) >= 11 is 3.32. The van der Waals surface area contributed by atoms with Crippen molar-refractivity contribution in [3.05, 3.63) is 46.4 Å². The molecule has 0 bridgehead atoms. The summed E-state index contributed by atoms with van der Waals surface area (Å²) in [6.45, 7) is 0.329. The number of hydrogen-bond acceptors (Lipinski definition) is 4. The van der Waals surface area contributed by atoms with Gasteiger partial charge in [0.25, 0.3) is 0 Å². The van der Waals surface area contributed by atoms with E-state index in [1.807, 2.05) is 24.3 Å². The number of carbonyl (C=O) groups is 1. The molecule has 2 rings (SSSR count). The van der Waals surface area contributed by atoms with Gasteiger partial charge in [0, 0.05) is 23.2 Å². The van der Waals surface area contributed by atoms with Crippen molar-refractivity contribution in [3.63, 3.8) is 0 Å². The number of anilines is 1. The lowest BCUT2D eigenvalue weighted by atomic mass is 10.2. The highest BCUT2D eigenvalue weighted by atomic mass is 79.9. The van der Waals surface area contributed by atoms with Gasteiger partial charge in [-0.05, 0) is 17.7 Å². The molecule has 0 heterocycles. The summed E-state index contributed by atoms with van der Waals surface area (Å²) < 4.78 is 0.950. The number of carbonyl (C=O) groups excluding carboxylic acids is 1. The minimum atomic E-state index is -0.629. The summed E-state index contributed by atoms with van der Waals surface area (Å²) in [5.74, 6) is -1.66. The predicted molar refractivity (Wildman–Crippen MR) is 81.4 cm³/mol. The van der Waals surface area contributed by atoms with E-state index in [1.165, 1.54) is 0 Å². The van der Waals surface area contributed by atoms with Gasteiger partial charge >= 0.3 is 6.03 Å². The first-order valence-electron chi connectivity index (χ1n) is 6.00. The lowest BCUT2D eigenvalue weighted by Gasteiger charge is -2.09. The fourth-order valence-corrected chi connectivity index (χ4v) is 1.90. The smallest absolute Gasteiger partial charge is 0.319 e. The number of urea groups is 1. The standard InChI is InChI=1S/C14H13BrN2O4/c15-9-3-1-8(2-4-9)7-16-14(21)17-10-5-11(18)13(20)12(19)6-10/h1-6,18-20H,7H2,(H2,16,17,21). The molecule has 0 radical (unpaired) electrons. The number of aromatic hydroxyl groups is 3. The largest absolute Gasteiger partial charge is 0.504 e. The molecule has 5 N–H and O–H groups in total. The summed E-state index contributed by atoms with van der Waals surface area (Å²) in [4.78, 5) is 11.7. The van der Waals surface area contributed by atoms with Gasteiger partial charge in [0.05, 0.1) is 5.69 Å². The third kappa shape index (κ3) is 4.03. The minimum Gasteiger partial charge on any atom is -0.504 e. The first-order chi connectivity index (χ1) is 9.95. The zero-order chi connectivity index (χ0) is 15.4. The molecule has 7 heteroatoms. The molecule has 0 aliphatic carbocycles. The van der Waals surface area contributed by atoms with Crippen molar-refractivity contribution in [2.24, 2.45) is 0 Å².